The van der Waals surface area contributed by atoms with Crippen molar-refractivity contribution in [1.82, 2.24) is 0 Å². The lowest BCUT2D eigenvalue weighted by molar-refractivity contribution is -0.143. The van der Waals surface area contributed by atoms with E-state index in [1.54, 1.807) is 6.92 Å². The predicted molar refractivity (Wildman–Crippen MR) is 120 cm³/mol. The van der Waals surface area contributed by atoms with E-state index in [2.05, 4.69) is 6.92 Å². The van der Waals surface area contributed by atoms with Crippen LogP contribution in [-0.2, 0) is 9.53 Å². The van der Waals surface area contributed by atoms with Gasteiger partial charge in [-0.15, -0.1) is 0 Å². The van der Waals surface area contributed by atoms with Crippen LogP contribution in [0.2, 0.25) is 0 Å². The van der Waals surface area contributed by atoms with E-state index in [-0.39, 0.29) is 12.1 Å². The standard InChI is InChI=1S/C25H38O4/c1-3-5-6-7-8-9-17-23(26)18-12-10-15-22-16-11-13-19-24(22)29-21-14-20-25(27)28-4-2/h10-13,15-16,18-19,23,26H,3-9,14,17,20-21H2,1-2H3/b15-10+,18-12+/t23-/m0/s1. The van der Waals surface area contributed by atoms with Gasteiger partial charge >= 0.3 is 5.97 Å². The van der Waals surface area contributed by atoms with Crippen LogP contribution < -0.4 is 4.74 Å². The summed E-state index contributed by atoms with van der Waals surface area (Å²) in [5, 5.41) is 10.0. The highest BCUT2D eigenvalue weighted by Crippen LogP contribution is 2.20. The van der Waals surface area contributed by atoms with E-state index in [9.17, 15) is 9.90 Å². The number of unbranched alkanes of at least 4 members (excludes halogenated alkanes) is 5. The summed E-state index contributed by atoms with van der Waals surface area (Å²) in [4.78, 5) is 11.4. The van der Waals surface area contributed by atoms with Crippen LogP contribution in [0.3, 0.4) is 0 Å². The summed E-state index contributed by atoms with van der Waals surface area (Å²) in [7, 11) is 0. The van der Waals surface area contributed by atoms with E-state index in [4.69, 9.17) is 9.47 Å². The molecule has 0 amide bonds. The number of carbonyl (C=O) groups is 1. The van der Waals surface area contributed by atoms with Crippen LogP contribution in [0.4, 0.5) is 0 Å². The van der Waals surface area contributed by atoms with Gasteiger partial charge in [-0.3, -0.25) is 4.79 Å². The lowest BCUT2D eigenvalue weighted by Crippen LogP contribution is -2.07. The molecule has 0 fully saturated rings. The SMILES string of the molecule is CCCCCCCC[C@H](O)/C=C/C=C/c1ccccc1OCCCC(=O)OCC. The Morgan fingerprint density at radius 3 is 2.59 bits per heavy atom. The summed E-state index contributed by atoms with van der Waals surface area (Å²) in [6.45, 7) is 4.91. The van der Waals surface area contributed by atoms with Crippen LogP contribution in [-0.4, -0.2) is 30.4 Å². The molecule has 0 saturated heterocycles. The summed E-state index contributed by atoms with van der Waals surface area (Å²) in [5.41, 5.74) is 0.971. The number of rotatable bonds is 16. The Morgan fingerprint density at radius 2 is 1.79 bits per heavy atom. The molecule has 162 valence electrons. The van der Waals surface area contributed by atoms with E-state index in [1.165, 1.54) is 32.1 Å². The quantitative estimate of drug-likeness (QED) is 0.206. The Bertz CT molecular complexity index is 607. The lowest BCUT2D eigenvalue weighted by atomic mass is 10.1. The second kappa shape index (κ2) is 16.8. The molecule has 1 N–H and O–H groups in total. The highest BCUT2D eigenvalue weighted by Gasteiger charge is 2.03. The Kier molecular flexibility index (Phi) is 14.5. The fourth-order valence-corrected chi connectivity index (χ4v) is 2.96. The fourth-order valence-electron chi connectivity index (χ4n) is 2.96. The van der Waals surface area contributed by atoms with E-state index < -0.39 is 0 Å². The second-order valence-corrected chi connectivity index (χ2v) is 7.16. The summed E-state index contributed by atoms with van der Waals surface area (Å²) in [6, 6.07) is 7.79. The molecular weight excluding hydrogens is 364 g/mol. The Labute approximate surface area is 176 Å². The van der Waals surface area contributed by atoms with Gasteiger partial charge in [0.15, 0.2) is 0 Å². The number of hydrogen-bond acceptors (Lipinski definition) is 4. The molecule has 1 aromatic rings. The highest BCUT2D eigenvalue weighted by atomic mass is 16.5. The summed E-state index contributed by atoms with van der Waals surface area (Å²) in [6.07, 6.45) is 16.4. The van der Waals surface area contributed by atoms with Crippen LogP contribution in [0, 0.1) is 0 Å². The molecule has 0 aliphatic carbocycles. The number of aliphatic hydroxyl groups is 1. The highest BCUT2D eigenvalue weighted by molar-refractivity contribution is 5.69. The Balaban J connectivity index is 2.34. The molecule has 0 radical (unpaired) electrons. The third kappa shape index (κ3) is 12.9. The molecule has 4 heteroatoms. The predicted octanol–water partition coefficient (Wildman–Crippen LogP) is 6.09. The fraction of sp³-hybridized carbons (Fsp3) is 0.560. The van der Waals surface area contributed by atoms with E-state index in [0.717, 1.165) is 24.2 Å². The summed E-state index contributed by atoms with van der Waals surface area (Å²) in [5.74, 6) is 0.600. The number of benzene rings is 1. The van der Waals surface area contributed by atoms with Crippen LogP contribution in [0.15, 0.2) is 42.5 Å². The van der Waals surface area contributed by atoms with Gasteiger partial charge in [0.1, 0.15) is 5.75 Å². The molecule has 0 bridgehead atoms. The molecule has 0 aliphatic heterocycles. The molecule has 0 unspecified atom stereocenters. The van der Waals surface area contributed by atoms with Gasteiger partial charge in [0.25, 0.3) is 0 Å². The zero-order chi connectivity index (χ0) is 21.2. The molecule has 4 nitrogen and oxygen atoms in total. The van der Waals surface area contributed by atoms with Crippen molar-refractivity contribution in [3.05, 3.63) is 48.1 Å². The van der Waals surface area contributed by atoms with Crippen molar-refractivity contribution in [2.45, 2.75) is 77.7 Å². The van der Waals surface area contributed by atoms with Gasteiger partial charge in [-0.2, -0.15) is 0 Å². The van der Waals surface area contributed by atoms with Gasteiger partial charge in [0.05, 0.1) is 19.3 Å². The number of hydrogen-bond donors (Lipinski definition) is 1. The summed E-state index contributed by atoms with van der Waals surface area (Å²) < 4.78 is 10.7. The third-order valence-corrected chi connectivity index (χ3v) is 4.58. The van der Waals surface area contributed by atoms with E-state index >= 15 is 0 Å². The first kappa shape index (κ1) is 25.0. The molecule has 1 aromatic carbocycles. The van der Waals surface area contributed by atoms with Crippen molar-refractivity contribution in [3.8, 4) is 5.75 Å². The monoisotopic (exact) mass is 402 g/mol. The minimum absolute atomic E-state index is 0.186. The third-order valence-electron chi connectivity index (χ3n) is 4.58. The van der Waals surface area contributed by atoms with Crippen LogP contribution >= 0.6 is 0 Å². The minimum atomic E-state index is -0.389. The number of allylic oxidation sites excluding steroid dienone is 2. The van der Waals surface area contributed by atoms with Gasteiger partial charge < -0.3 is 14.6 Å². The molecule has 0 spiro atoms. The maximum atomic E-state index is 11.4. The molecule has 29 heavy (non-hydrogen) atoms. The van der Waals surface area contributed by atoms with E-state index in [1.807, 2.05) is 48.6 Å². The van der Waals surface area contributed by atoms with Crippen LogP contribution in [0.5, 0.6) is 5.75 Å². The van der Waals surface area contributed by atoms with Crippen molar-refractivity contribution in [2.24, 2.45) is 0 Å². The smallest absolute Gasteiger partial charge is 0.305 e. The van der Waals surface area contributed by atoms with Gasteiger partial charge in [0.2, 0.25) is 0 Å². The number of esters is 1. The van der Waals surface area contributed by atoms with Crippen molar-refractivity contribution in [2.75, 3.05) is 13.2 Å². The average Bonchev–Trinajstić information content (AvgIpc) is 2.72. The maximum absolute atomic E-state index is 11.4. The Morgan fingerprint density at radius 1 is 1.03 bits per heavy atom. The van der Waals surface area contributed by atoms with Gasteiger partial charge in [-0.1, -0.05) is 88.0 Å². The number of carbonyl (C=O) groups excluding carboxylic acids is 1. The second-order valence-electron chi connectivity index (χ2n) is 7.16. The van der Waals surface area contributed by atoms with Gasteiger partial charge in [0, 0.05) is 12.0 Å². The topological polar surface area (TPSA) is 55.8 Å². The summed E-state index contributed by atoms with van der Waals surface area (Å²) >= 11 is 0. The molecule has 0 aromatic heterocycles. The molecule has 0 aliphatic rings. The lowest BCUT2D eigenvalue weighted by Gasteiger charge is -2.09. The normalized spacial score (nSPS) is 12.5. The zero-order valence-corrected chi connectivity index (χ0v) is 18.1. The zero-order valence-electron chi connectivity index (χ0n) is 18.1. The average molecular weight is 403 g/mol. The maximum Gasteiger partial charge on any atom is 0.305 e. The number of para-hydroxylation sites is 1. The molecule has 0 saturated carbocycles. The molecule has 1 atom stereocenters. The largest absolute Gasteiger partial charge is 0.493 e. The molecule has 1 rings (SSSR count). The molecular formula is C25H38O4. The van der Waals surface area contributed by atoms with Crippen molar-refractivity contribution in [3.63, 3.8) is 0 Å². The van der Waals surface area contributed by atoms with E-state index in [0.29, 0.717) is 26.1 Å². The first-order chi connectivity index (χ1) is 14.2. The Hall–Kier alpha value is -2.07. The van der Waals surface area contributed by atoms with Crippen molar-refractivity contribution < 1.29 is 19.4 Å². The van der Waals surface area contributed by atoms with Crippen molar-refractivity contribution in [1.29, 1.82) is 0 Å². The van der Waals surface area contributed by atoms with Gasteiger partial charge in [-0.25, -0.2) is 0 Å². The minimum Gasteiger partial charge on any atom is -0.493 e. The number of ether oxygens (including phenoxy) is 2. The molecule has 0 heterocycles. The number of aliphatic hydroxyl groups excluding tert-OH is 1. The van der Waals surface area contributed by atoms with Crippen LogP contribution in [0.1, 0.15) is 77.2 Å². The van der Waals surface area contributed by atoms with Crippen molar-refractivity contribution >= 4 is 12.0 Å². The first-order valence-corrected chi connectivity index (χ1v) is 11.1. The first-order valence-electron chi connectivity index (χ1n) is 11.1. The van der Waals surface area contributed by atoms with Crippen LogP contribution in [0.25, 0.3) is 6.08 Å². The van der Waals surface area contributed by atoms with Gasteiger partial charge in [-0.05, 0) is 25.8 Å².